The van der Waals surface area contributed by atoms with Gasteiger partial charge in [0, 0.05) is 12.7 Å². The molecule has 0 bridgehead atoms. The average molecular weight is 368 g/mol. The monoisotopic (exact) mass is 368 g/mol. The summed E-state index contributed by atoms with van der Waals surface area (Å²) in [6.45, 7) is 1.23. The molecule has 0 spiro atoms. The van der Waals surface area contributed by atoms with Gasteiger partial charge in [-0.15, -0.1) is 0 Å². The Hall–Kier alpha value is -2.31. The molecule has 2 aromatic carbocycles. The molecule has 0 saturated heterocycles. The minimum absolute atomic E-state index is 0.330. The number of methoxy groups -OCH3 is 1. The maximum atomic E-state index is 11.3. The van der Waals surface area contributed by atoms with Crippen molar-refractivity contribution in [3.63, 3.8) is 0 Å². The first-order valence-corrected chi connectivity index (χ1v) is 8.92. The van der Waals surface area contributed by atoms with E-state index in [-0.39, 0.29) is 6.10 Å². The highest BCUT2D eigenvalue weighted by molar-refractivity contribution is 5.74. The Kier molecular flexibility index (Phi) is 7.30. The van der Waals surface area contributed by atoms with Crippen LogP contribution in [0.15, 0.2) is 72.3 Å². The minimum Gasteiger partial charge on any atom is -0.374 e. The van der Waals surface area contributed by atoms with Crippen LogP contribution in [0.5, 0.6) is 0 Å². The zero-order valence-corrected chi connectivity index (χ0v) is 15.3. The van der Waals surface area contributed by atoms with E-state index in [2.05, 4.69) is 0 Å². The fourth-order valence-electron chi connectivity index (χ4n) is 2.90. The number of hydrogen-bond donors (Lipinski definition) is 0. The largest absolute Gasteiger partial charge is 0.374 e. The second kappa shape index (κ2) is 10.1. The molecule has 0 fully saturated rings. The second-order valence-electron chi connectivity index (χ2n) is 6.29. The molecule has 0 aromatic heterocycles. The molecule has 3 atom stereocenters. The Morgan fingerprint density at radius 3 is 2.19 bits per heavy atom. The van der Waals surface area contributed by atoms with Gasteiger partial charge < -0.3 is 18.9 Å². The summed E-state index contributed by atoms with van der Waals surface area (Å²) in [5.74, 6) is 0. The van der Waals surface area contributed by atoms with Crippen LogP contribution in [-0.4, -0.2) is 38.5 Å². The van der Waals surface area contributed by atoms with Crippen LogP contribution in [0.1, 0.15) is 11.1 Å². The molecule has 0 amide bonds. The molecule has 1 aliphatic heterocycles. The van der Waals surface area contributed by atoms with Crippen molar-refractivity contribution in [3.8, 4) is 0 Å². The number of carbonyl (C=O) groups is 1. The van der Waals surface area contributed by atoms with Gasteiger partial charge in [-0.05, 0) is 17.2 Å². The highest BCUT2D eigenvalue weighted by atomic mass is 16.7. The summed E-state index contributed by atoms with van der Waals surface area (Å²) in [6.07, 6.45) is 1.04. The Bertz CT molecular complexity index is 729. The number of aldehydes is 1. The molecular weight excluding hydrogens is 344 g/mol. The van der Waals surface area contributed by atoms with Gasteiger partial charge in [0.05, 0.1) is 19.8 Å². The van der Waals surface area contributed by atoms with Gasteiger partial charge in [-0.3, -0.25) is 4.79 Å². The third kappa shape index (κ3) is 5.58. The molecule has 1 heterocycles. The molecule has 0 radical (unpaired) electrons. The summed E-state index contributed by atoms with van der Waals surface area (Å²) in [4.78, 5) is 11.3. The van der Waals surface area contributed by atoms with Gasteiger partial charge in [-0.2, -0.15) is 0 Å². The number of hydrogen-bond acceptors (Lipinski definition) is 5. The first-order chi connectivity index (χ1) is 13.3. The fraction of sp³-hybridized carbons (Fsp3) is 0.318. The molecule has 5 nitrogen and oxygen atoms in total. The summed E-state index contributed by atoms with van der Waals surface area (Å²) in [6, 6.07) is 19.8. The predicted octanol–water partition coefficient (Wildman–Crippen LogP) is 3.29. The number of benzene rings is 2. The highest BCUT2D eigenvalue weighted by Crippen LogP contribution is 2.23. The van der Waals surface area contributed by atoms with Crippen molar-refractivity contribution in [3.05, 3.63) is 83.4 Å². The molecule has 142 valence electrons. The third-order valence-electron chi connectivity index (χ3n) is 4.32. The first kappa shape index (κ1) is 19.5. The molecule has 1 aliphatic rings. The van der Waals surface area contributed by atoms with Crippen LogP contribution >= 0.6 is 0 Å². The van der Waals surface area contributed by atoms with E-state index in [0.29, 0.717) is 25.4 Å². The minimum atomic E-state index is -0.704. The molecule has 5 heteroatoms. The Labute approximate surface area is 159 Å². The van der Waals surface area contributed by atoms with Gasteiger partial charge in [0.25, 0.3) is 0 Å². The quantitative estimate of drug-likeness (QED) is 0.636. The normalized spacial score (nSPS) is 22.3. The van der Waals surface area contributed by atoms with E-state index in [4.69, 9.17) is 18.9 Å². The Balaban J connectivity index is 1.64. The zero-order valence-electron chi connectivity index (χ0n) is 15.3. The number of carbonyl (C=O) groups excluding carboxylic acids is 1. The van der Waals surface area contributed by atoms with Crippen molar-refractivity contribution in [2.75, 3.05) is 13.7 Å². The van der Waals surface area contributed by atoms with E-state index in [1.165, 1.54) is 7.11 Å². The van der Waals surface area contributed by atoms with Crippen molar-refractivity contribution in [1.29, 1.82) is 0 Å². The van der Waals surface area contributed by atoms with E-state index >= 15 is 0 Å². The molecular formula is C22H24O5. The first-order valence-electron chi connectivity index (χ1n) is 8.92. The lowest BCUT2D eigenvalue weighted by Crippen LogP contribution is -2.43. The van der Waals surface area contributed by atoms with Crippen LogP contribution in [0, 0.1) is 0 Å². The van der Waals surface area contributed by atoms with Crippen molar-refractivity contribution >= 4 is 6.29 Å². The van der Waals surface area contributed by atoms with Gasteiger partial charge in [0.15, 0.2) is 12.6 Å². The van der Waals surface area contributed by atoms with Gasteiger partial charge in [-0.25, -0.2) is 0 Å². The van der Waals surface area contributed by atoms with E-state index in [9.17, 15) is 4.79 Å². The topological polar surface area (TPSA) is 54.0 Å². The SMILES string of the molecule is COC1O[C@H](COCc2ccccc2)[C@H](OCc2ccccc2)C=C1C=O. The van der Waals surface area contributed by atoms with E-state index in [0.717, 1.165) is 17.4 Å². The molecule has 0 aliphatic carbocycles. The highest BCUT2D eigenvalue weighted by Gasteiger charge is 2.33. The van der Waals surface area contributed by atoms with E-state index in [1.807, 2.05) is 60.7 Å². The molecule has 27 heavy (non-hydrogen) atoms. The van der Waals surface area contributed by atoms with E-state index in [1.54, 1.807) is 6.08 Å². The van der Waals surface area contributed by atoms with Crippen molar-refractivity contribution in [2.24, 2.45) is 0 Å². The van der Waals surface area contributed by atoms with Gasteiger partial charge in [-0.1, -0.05) is 60.7 Å². The molecule has 0 N–H and O–H groups in total. The molecule has 1 unspecified atom stereocenters. The van der Waals surface area contributed by atoms with Crippen LogP contribution in [0.25, 0.3) is 0 Å². The van der Waals surface area contributed by atoms with Crippen molar-refractivity contribution in [2.45, 2.75) is 31.7 Å². The fourth-order valence-corrected chi connectivity index (χ4v) is 2.90. The number of ether oxygens (including phenoxy) is 4. The van der Waals surface area contributed by atoms with E-state index < -0.39 is 12.4 Å². The van der Waals surface area contributed by atoms with Crippen molar-refractivity contribution < 1.29 is 23.7 Å². The maximum absolute atomic E-state index is 11.3. The van der Waals surface area contributed by atoms with Gasteiger partial charge in [0.1, 0.15) is 12.2 Å². The van der Waals surface area contributed by atoms with Crippen LogP contribution < -0.4 is 0 Å². The maximum Gasteiger partial charge on any atom is 0.186 e. The lowest BCUT2D eigenvalue weighted by Gasteiger charge is -2.33. The molecule has 3 rings (SSSR count). The summed E-state index contributed by atoms with van der Waals surface area (Å²) >= 11 is 0. The summed E-state index contributed by atoms with van der Waals surface area (Å²) in [5.41, 5.74) is 2.56. The Morgan fingerprint density at radius 1 is 0.963 bits per heavy atom. The van der Waals surface area contributed by atoms with Crippen LogP contribution in [0.4, 0.5) is 0 Å². The Morgan fingerprint density at radius 2 is 1.59 bits per heavy atom. The van der Waals surface area contributed by atoms with Crippen LogP contribution in [0.2, 0.25) is 0 Å². The standard InChI is InChI=1S/C22H24O5/c1-24-22-19(13-23)12-20(26-15-18-10-6-3-7-11-18)21(27-22)16-25-14-17-8-4-2-5-9-17/h2-13,20-22H,14-16H2,1H3/t20-,21-,22?/m1/s1. The number of rotatable bonds is 9. The predicted molar refractivity (Wildman–Crippen MR) is 101 cm³/mol. The van der Waals surface area contributed by atoms with Gasteiger partial charge >= 0.3 is 0 Å². The summed E-state index contributed by atoms with van der Waals surface area (Å²) in [7, 11) is 1.51. The van der Waals surface area contributed by atoms with Crippen LogP contribution in [0.3, 0.4) is 0 Å². The summed E-state index contributed by atoms with van der Waals surface area (Å²) in [5, 5.41) is 0. The van der Waals surface area contributed by atoms with Crippen molar-refractivity contribution in [1.82, 2.24) is 0 Å². The average Bonchev–Trinajstić information content (AvgIpc) is 2.73. The zero-order chi connectivity index (χ0) is 18.9. The smallest absolute Gasteiger partial charge is 0.186 e. The van der Waals surface area contributed by atoms with Gasteiger partial charge in [0.2, 0.25) is 0 Å². The third-order valence-corrected chi connectivity index (χ3v) is 4.32. The second-order valence-corrected chi connectivity index (χ2v) is 6.29. The molecule has 2 aromatic rings. The lowest BCUT2D eigenvalue weighted by molar-refractivity contribution is -0.191. The van der Waals surface area contributed by atoms with Crippen LogP contribution in [-0.2, 0) is 37.0 Å². The summed E-state index contributed by atoms with van der Waals surface area (Å²) < 4.78 is 23.0. The lowest BCUT2D eigenvalue weighted by atomic mass is 10.1. The molecule has 0 saturated carbocycles.